The first-order chi connectivity index (χ1) is 21.6. The molecule has 5 aromatic rings. The van der Waals surface area contributed by atoms with Gasteiger partial charge in [0.05, 0.1) is 23.5 Å². The van der Waals surface area contributed by atoms with Crippen LogP contribution in [0.1, 0.15) is 88.5 Å². The molecule has 12 heteroatoms. The molecule has 0 saturated heterocycles. The van der Waals surface area contributed by atoms with E-state index in [2.05, 4.69) is 57.9 Å². The molecule has 2 N–H and O–H groups in total. The summed E-state index contributed by atoms with van der Waals surface area (Å²) in [6, 6.07) is 16.4. The van der Waals surface area contributed by atoms with Crippen LogP contribution in [0, 0.1) is 6.92 Å². The minimum absolute atomic E-state index is 0. The fraction of sp³-hybridized carbons (Fsp3) is 0.471. The molecule has 0 radical (unpaired) electrons. The van der Waals surface area contributed by atoms with Crippen LogP contribution in [-0.4, -0.2) is 114 Å². The zero-order valence-corrected chi connectivity index (χ0v) is 26.7. The standard InChI is InChI=1S/C34H42N8O3.K.H/c1-6-9-30-29(20-23-12-14-24(15-13-23)27-10-7-8-11-28(27)31-36-39-40-37-31)32(43)41(33-35-22(3)38-42(30)33)25-16-18-26(19-17-25)45-21(2)34(4,5)44;;/h7-8,10-15,21,25-26,44H,6,9,16-20H2,1-5H3,(H,36,37,39,40);;. The molecule has 0 amide bonds. The molecule has 3 heterocycles. The molecule has 0 aliphatic heterocycles. The van der Waals surface area contributed by atoms with Crippen LogP contribution in [0.25, 0.3) is 28.3 Å². The quantitative estimate of drug-likeness (QED) is 0.209. The predicted molar refractivity (Wildman–Crippen MR) is 179 cm³/mol. The van der Waals surface area contributed by atoms with Gasteiger partial charge in [0.15, 0.2) is 5.82 Å². The summed E-state index contributed by atoms with van der Waals surface area (Å²) in [5, 5.41) is 29.6. The Morgan fingerprint density at radius 2 is 1.76 bits per heavy atom. The number of nitrogens with one attached hydrogen (secondary N) is 1. The summed E-state index contributed by atoms with van der Waals surface area (Å²) in [6.07, 6.45) is 5.13. The summed E-state index contributed by atoms with van der Waals surface area (Å²) in [7, 11) is 0. The van der Waals surface area contributed by atoms with E-state index < -0.39 is 5.60 Å². The van der Waals surface area contributed by atoms with Gasteiger partial charge in [-0.25, -0.2) is 9.61 Å². The molecule has 0 bridgehead atoms. The average molecular weight is 651 g/mol. The summed E-state index contributed by atoms with van der Waals surface area (Å²) in [4.78, 5) is 19.2. The fourth-order valence-electron chi connectivity index (χ4n) is 6.34. The van der Waals surface area contributed by atoms with Gasteiger partial charge in [-0.3, -0.25) is 9.36 Å². The first kappa shape index (κ1) is 34.7. The van der Waals surface area contributed by atoms with E-state index in [-0.39, 0.29) is 75.2 Å². The molecular weight excluding hydrogens is 608 g/mol. The summed E-state index contributed by atoms with van der Waals surface area (Å²) in [5.41, 5.74) is 4.84. The van der Waals surface area contributed by atoms with Gasteiger partial charge in [0, 0.05) is 23.6 Å². The second-order valence-corrected chi connectivity index (χ2v) is 12.8. The van der Waals surface area contributed by atoms with E-state index in [0.717, 1.165) is 72.0 Å². The molecule has 1 saturated carbocycles. The Kier molecular flexibility index (Phi) is 11.1. The summed E-state index contributed by atoms with van der Waals surface area (Å²) >= 11 is 0. The van der Waals surface area contributed by atoms with E-state index in [4.69, 9.17) is 14.8 Å². The van der Waals surface area contributed by atoms with Crippen LogP contribution in [0.4, 0.5) is 0 Å². The summed E-state index contributed by atoms with van der Waals surface area (Å²) in [6.45, 7) is 9.46. The SMILES string of the molecule is CCCc1c(Cc2ccc(-c3ccccc3-c3nnn[nH]3)cc2)c(=O)n(C2CCC(OC(C)C(C)(C)O)CC2)c2nc(C)nn12.[KH]. The Hall–Kier alpha value is -2.58. The van der Waals surface area contributed by atoms with Gasteiger partial charge in [-0.1, -0.05) is 61.9 Å². The monoisotopic (exact) mass is 650 g/mol. The number of aromatic nitrogens is 8. The number of fused-ring (bicyclic) bond motifs is 1. The molecule has 1 aliphatic carbocycles. The van der Waals surface area contributed by atoms with Crippen LogP contribution in [0.5, 0.6) is 0 Å². The van der Waals surface area contributed by atoms with Crippen molar-refractivity contribution in [3.05, 3.63) is 81.5 Å². The third-order valence-electron chi connectivity index (χ3n) is 9.05. The number of hydrogen-bond acceptors (Lipinski definition) is 8. The van der Waals surface area contributed by atoms with E-state index in [9.17, 15) is 9.90 Å². The van der Waals surface area contributed by atoms with Crippen LogP contribution in [0.3, 0.4) is 0 Å². The van der Waals surface area contributed by atoms with E-state index in [1.165, 1.54) is 0 Å². The predicted octanol–water partition coefficient (Wildman–Crippen LogP) is 4.60. The van der Waals surface area contributed by atoms with Gasteiger partial charge in [0.1, 0.15) is 5.82 Å². The first-order valence-electron chi connectivity index (χ1n) is 15.9. The van der Waals surface area contributed by atoms with Crippen molar-refractivity contribution in [2.75, 3.05) is 0 Å². The van der Waals surface area contributed by atoms with Crippen LogP contribution in [0.2, 0.25) is 0 Å². The Balaban J connectivity index is 0.00000417. The molecule has 46 heavy (non-hydrogen) atoms. The average Bonchev–Trinajstić information content (AvgIpc) is 3.70. The van der Waals surface area contributed by atoms with Crippen molar-refractivity contribution in [3.8, 4) is 22.5 Å². The molecule has 1 aliphatic rings. The summed E-state index contributed by atoms with van der Waals surface area (Å²) < 4.78 is 10.00. The number of aryl methyl sites for hydroxylation is 2. The van der Waals surface area contributed by atoms with Crippen molar-refractivity contribution < 1.29 is 9.84 Å². The Bertz CT molecular complexity index is 1820. The number of H-pyrrole nitrogens is 1. The number of ether oxygens (including phenoxy) is 1. The number of rotatable bonds is 10. The second kappa shape index (κ2) is 14.7. The van der Waals surface area contributed by atoms with E-state index in [1.54, 1.807) is 13.8 Å². The van der Waals surface area contributed by atoms with Gasteiger partial charge in [-0.15, -0.1) is 5.10 Å². The molecule has 11 nitrogen and oxygen atoms in total. The number of tetrazole rings is 1. The van der Waals surface area contributed by atoms with Crippen molar-refractivity contribution in [2.45, 2.75) is 103 Å². The number of benzene rings is 2. The zero-order valence-electron chi connectivity index (χ0n) is 26.7. The van der Waals surface area contributed by atoms with Crippen LogP contribution < -0.4 is 5.56 Å². The topological polar surface area (TPSA) is 136 Å². The van der Waals surface area contributed by atoms with Crippen LogP contribution >= 0.6 is 0 Å². The van der Waals surface area contributed by atoms with Crippen molar-refractivity contribution in [2.24, 2.45) is 0 Å². The van der Waals surface area contributed by atoms with Crippen molar-refractivity contribution in [1.29, 1.82) is 0 Å². The minimum atomic E-state index is -0.904. The Morgan fingerprint density at radius 3 is 2.39 bits per heavy atom. The van der Waals surface area contributed by atoms with Gasteiger partial charge in [-0.2, -0.15) is 10.1 Å². The molecule has 0 spiro atoms. The molecular formula is C34H43KN8O3. The Labute approximate surface area is 311 Å². The molecule has 1 unspecified atom stereocenters. The van der Waals surface area contributed by atoms with Gasteiger partial charge in [0.2, 0.25) is 5.78 Å². The third-order valence-corrected chi connectivity index (χ3v) is 9.05. The molecule has 2 aromatic carbocycles. The molecule has 1 atom stereocenters. The molecule has 1 fully saturated rings. The molecule has 3 aromatic heterocycles. The van der Waals surface area contributed by atoms with Crippen molar-refractivity contribution in [1.82, 2.24) is 39.8 Å². The molecule has 6 rings (SSSR count). The second-order valence-electron chi connectivity index (χ2n) is 12.8. The van der Waals surface area contributed by atoms with Crippen molar-refractivity contribution in [3.63, 3.8) is 0 Å². The maximum atomic E-state index is 14.4. The fourth-order valence-corrected chi connectivity index (χ4v) is 6.34. The third kappa shape index (κ3) is 7.28. The number of aliphatic hydroxyl groups is 1. The number of hydrogen-bond donors (Lipinski definition) is 2. The number of nitrogens with zero attached hydrogens (tertiary/aromatic N) is 7. The van der Waals surface area contributed by atoms with Gasteiger partial charge in [0.25, 0.3) is 5.56 Å². The van der Waals surface area contributed by atoms with Gasteiger partial charge >= 0.3 is 51.4 Å². The Morgan fingerprint density at radius 1 is 1.07 bits per heavy atom. The maximum absolute atomic E-state index is 14.4. The van der Waals surface area contributed by atoms with E-state index >= 15 is 0 Å². The van der Waals surface area contributed by atoms with Crippen LogP contribution in [-0.2, 0) is 17.6 Å². The first-order valence-corrected chi connectivity index (χ1v) is 15.9. The number of aromatic amines is 1. The zero-order chi connectivity index (χ0) is 31.7. The summed E-state index contributed by atoms with van der Waals surface area (Å²) in [5.74, 6) is 1.88. The van der Waals surface area contributed by atoms with Gasteiger partial charge in [-0.05, 0) is 86.9 Å². The van der Waals surface area contributed by atoms with Gasteiger partial charge < -0.3 is 9.84 Å². The van der Waals surface area contributed by atoms with Crippen molar-refractivity contribution >= 4 is 57.2 Å². The van der Waals surface area contributed by atoms with E-state index in [0.29, 0.717) is 23.8 Å². The normalized spacial score (nSPS) is 17.6. The van der Waals surface area contributed by atoms with Crippen LogP contribution in [0.15, 0.2) is 53.3 Å². The van der Waals surface area contributed by atoms with E-state index in [1.807, 2.05) is 41.1 Å². The molecule has 238 valence electrons.